The molecule has 1 nitrogen and oxygen atoms in total. The Morgan fingerprint density at radius 1 is 0.439 bits per heavy atom. The Kier molecular flexibility index (Phi) is 8.80. The van der Waals surface area contributed by atoms with Crippen LogP contribution >= 0.6 is 0 Å². The average molecular weight is 732 g/mol. The minimum absolute atomic E-state index is 0.0628. The summed E-state index contributed by atoms with van der Waals surface area (Å²) in [5.41, 5.74) is 20.7. The second-order valence-corrected chi connectivity index (χ2v) is 16.1. The van der Waals surface area contributed by atoms with Crippen LogP contribution in [-0.2, 0) is 18.3 Å². The highest BCUT2D eigenvalue weighted by atomic mass is 15.1. The molecule has 2 aliphatic rings. The van der Waals surface area contributed by atoms with Crippen LogP contribution < -0.4 is 4.90 Å². The first kappa shape index (κ1) is 34.8. The summed E-state index contributed by atoms with van der Waals surface area (Å²) in [5.74, 6) is 0.446. The van der Waals surface area contributed by atoms with Gasteiger partial charge in [0.1, 0.15) is 0 Å². The van der Waals surface area contributed by atoms with Gasteiger partial charge in [0.2, 0.25) is 0 Å². The molecule has 0 fully saturated rings. The van der Waals surface area contributed by atoms with Crippen LogP contribution in [0.5, 0.6) is 0 Å². The van der Waals surface area contributed by atoms with Crippen molar-refractivity contribution in [1.82, 2.24) is 0 Å². The number of allylic oxidation sites excluding steroid dienone is 1. The lowest BCUT2D eigenvalue weighted by Gasteiger charge is -2.35. The summed E-state index contributed by atoms with van der Waals surface area (Å²) in [4.78, 5) is 2.38. The van der Waals surface area contributed by atoms with Crippen LogP contribution in [0.4, 0.5) is 17.1 Å². The molecule has 2 aliphatic carbocycles. The quantitative estimate of drug-likeness (QED) is 0.150. The van der Waals surface area contributed by atoms with Gasteiger partial charge in [0.15, 0.2) is 0 Å². The van der Waals surface area contributed by atoms with Crippen LogP contribution in [0.1, 0.15) is 41.7 Å². The van der Waals surface area contributed by atoms with Crippen molar-refractivity contribution in [3.8, 4) is 33.4 Å². The molecule has 0 radical (unpaired) electrons. The Labute approximate surface area is 337 Å². The van der Waals surface area contributed by atoms with Gasteiger partial charge in [-0.2, -0.15) is 0 Å². The van der Waals surface area contributed by atoms with Crippen LogP contribution in [0, 0.1) is 5.92 Å². The predicted octanol–water partition coefficient (Wildman–Crippen LogP) is 14.7. The minimum atomic E-state index is -0.0628. The minimum Gasteiger partial charge on any atom is -0.310 e. The summed E-state index contributed by atoms with van der Waals surface area (Å²) in [6.45, 7) is 4.90. The van der Waals surface area contributed by atoms with E-state index in [1.165, 1.54) is 66.8 Å². The lowest BCUT2D eigenvalue weighted by molar-refractivity contribution is 0.492. The molecule has 0 spiro atoms. The van der Waals surface area contributed by atoms with Crippen molar-refractivity contribution < 1.29 is 0 Å². The summed E-state index contributed by atoms with van der Waals surface area (Å²) in [6, 6.07) is 75.7. The highest BCUT2D eigenvalue weighted by Crippen LogP contribution is 2.56. The van der Waals surface area contributed by atoms with Crippen molar-refractivity contribution in [3.63, 3.8) is 0 Å². The Morgan fingerprint density at radius 2 is 0.947 bits per heavy atom. The van der Waals surface area contributed by atoms with Gasteiger partial charge in [-0.3, -0.25) is 0 Å². The zero-order valence-corrected chi connectivity index (χ0v) is 32.6. The van der Waals surface area contributed by atoms with E-state index in [-0.39, 0.29) is 5.41 Å². The van der Waals surface area contributed by atoms with Gasteiger partial charge >= 0.3 is 0 Å². The van der Waals surface area contributed by atoms with Gasteiger partial charge in [-0.15, -0.1) is 0 Å². The van der Waals surface area contributed by atoms with E-state index < -0.39 is 0 Å². The second kappa shape index (κ2) is 14.4. The fraction of sp³-hybridized carbons (Fsp3) is 0.107. The number of hydrogen-bond acceptors (Lipinski definition) is 1. The predicted molar refractivity (Wildman–Crippen MR) is 240 cm³/mol. The Bertz CT molecular complexity index is 2640. The maximum Gasteiger partial charge on any atom is 0.0467 e. The summed E-state index contributed by atoms with van der Waals surface area (Å²) in [5, 5.41) is 0. The summed E-state index contributed by atoms with van der Waals surface area (Å²) in [6.07, 6.45) is 2.12. The fourth-order valence-electron chi connectivity index (χ4n) is 9.60. The third kappa shape index (κ3) is 6.40. The maximum absolute atomic E-state index is 2.48. The zero-order valence-electron chi connectivity index (χ0n) is 32.6. The molecule has 274 valence electrons. The SMILES string of the molecule is CC1(C)C2=C(c3ccccc3CC2Cc2ccccc2)c2cc(-c3cccc(N(c4ccc(-c5ccccc5)cc4)c4ccc(-c5ccccc5)cc4)c3)ccc21. The van der Waals surface area contributed by atoms with E-state index in [9.17, 15) is 0 Å². The normalized spacial score (nSPS) is 15.1. The molecular weight excluding hydrogens is 687 g/mol. The maximum atomic E-state index is 2.48. The monoisotopic (exact) mass is 731 g/mol. The van der Waals surface area contributed by atoms with Gasteiger partial charge in [0, 0.05) is 22.5 Å². The van der Waals surface area contributed by atoms with Gasteiger partial charge in [0.05, 0.1) is 0 Å². The number of anilines is 3. The van der Waals surface area contributed by atoms with E-state index in [0.29, 0.717) is 5.92 Å². The van der Waals surface area contributed by atoms with Crippen LogP contribution in [0.3, 0.4) is 0 Å². The van der Waals surface area contributed by atoms with Gasteiger partial charge in [0.25, 0.3) is 0 Å². The molecule has 1 heteroatoms. The molecule has 10 rings (SSSR count). The summed E-state index contributed by atoms with van der Waals surface area (Å²) >= 11 is 0. The highest BCUT2D eigenvalue weighted by molar-refractivity contribution is 5.94. The standard InChI is InChI=1S/C56H45N/c1-56(2)53-34-29-45(38-52(53)54-51-24-13-12-21-46(51)36-47(55(54)56)35-39-15-6-3-7-16-39)44-22-14-23-50(37-44)57(48-30-25-42(26-31-48)40-17-8-4-9-18-40)49-32-27-43(28-33-49)41-19-10-5-11-20-41/h3-34,37-38,47H,35-36H2,1-2H3. The molecule has 0 bridgehead atoms. The Morgan fingerprint density at radius 3 is 1.58 bits per heavy atom. The largest absolute Gasteiger partial charge is 0.310 e. The van der Waals surface area contributed by atoms with Crippen molar-refractivity contribution in [3.05, 3.63) is 240 Å². The van der Waals surface area contributed by atoms with Crippen LogP contribution in [0.25, 0.3) is 39.0 Å². The van der Waals surface area contributed by atoms with Gasteiger partial charge in [-0.05, 0) is 134 Å². The molecule has 0 amide bonds. The molecule has 57 heavy (non-hydrogen) atoms. The first-order valence-electron chi connectivity index (χ1n) is 20.2. The van der Waals surface area contributed by atoms with Crippen molar-refractivity contribution >= 4 is 22.6 Å². The van der Waals surface area contributed by atoms with Crippen molar-refractivity contribution in [2.75, 3.05) is 4.90 Å². The van der Waals surface area contributed by atoms with Crippen molar-refractivity contribution in [2.45, 2.75) is 32.1 Å². The second-order valence-electron chi connectivity index (χ2n) is 16.1. The molecule has 0 heterocycles. The molecule has 0 saturated carbocycles. The molecule has 0 aliphatic heterocycles. The third-order valence-corrected chi connectivity index (χ3v) is 12.3. The molecule has 1 unspecified atom stereocenters. The van der Waals surface area contributed by atoms with E-state index in [0.717, 1.165) is 29.9 Å². The van der Waals surface area contributed by atoms with Gasteiger partial charge in [-0.1, -0.05) is 178 Å². The lowest BCUT2D eigenvalue weighted by atomic mass is 9.69. The van der Waals surface area contributed by atoms with E-state index in [2.05, 4.69) is 225 Å². The number of hydrogen-bond donors (Lipinski definition) is 0. The van der Waals surface area contributed by atoms with E-state index >= 15 is 0 Å². The fourth-order valence-corrected chi connectivity index (χ4v) is 9.60. The van der Waals surface area contributed by atoms with Crippen LogP contribution in [0.15, 0.2) is 212 Å². The summed E-state index contributed by atoms with van der Waals surface area (Å²) in [7, 11) is 0. The summed E-state index contributed by atoms with van der Waals surface area (Å²) < 4.78 is 0. The molecule has 0 aromatic heterocycles. The van der Waals surface area contributed by atoms with E-state index in [4.69, 9.17) is 0 Å². The number of fused-ring (bicyclic) bond motifs is 4. The average Bonchev–Trinajstić information content (AvgIpc) is 3.51. The molecule has 0 saturated heterocycles. The van der Waals surface area contributed by atoms with E-state index in [1.807, 2.05) is 0 Å². The lowest BCUT2D eigenvalue weighted by Crippen LogP contribution is -2.28. The van der Waals surface area contributed by atoms with Crippen LogP contribution in [-0.4, -0.2) is 0 Å². The van der Waals surface area contributed by atoms with Crippen molar-refractivity contribution in [2.24, 2.45) is 5.92 Å². The zero-order chi connectivity index (χ0) is 38.3. The van der Waals surface area contributed by atoms with E-state index in [1.54, 1.807) is 5.57 Å². The van der Waals surface area contributed by atoms with Gasteiger partial charge < -0.3 is 4.90 Å². The first-order valence-corrected chi connectivity index (χ1v) is 20.2. The molecular formula is C56H45N. The number of benzene rings is 8. The van der Waals surface area contributed by atoms with Crippen LogP contribution in [0.2, 0.25) is 0 Å². The highest BCUT2D eigenvalue weighted by Gasteiger charge is 2.44. The first-order chi connectivity index (χ1) is 28.0. The number of nitrogens with zero attached hydrogens (tertiary/aromatic N) is 1. The van der Waals surface area contributed by atoms with Gasteiger partial charge in [-0.25, -0.2) is 0 Å². The molecule has 0 N–H and O–H groups in total. The topological polar surface area (TPSA) is 3.24 Å². The molecule has 1 atom stereocenters. The molecule has 8 aromatic rings. The van der Waals surface area contributed by atoms with Crippen molar-refractivity contribution in [1.29, 1.82) is 0 Å². The molecule has 8 aromatic carbocycles. The Balaban J connectivity index is 1.06. The number of rotatable bonds is 8. The smallest absolute Gasteiger partial charge is 0.0467 e. The third-order valence-electron chi connectivity index (χ3n) is 12.3. The Hall–Kier alpha value is -6.70.